The molecule has 0 unspecified atom stereocenters. The zero-order valence-electron chi connectivity index (χ0n) is 11.4. The summed E-state index contributed by atoms with van der Waals surface area (Å²) in [5.41, 5.74) is -1.49. The number of hydrogen-bond acceptors (Lipinski definition) is 3. The normalized spacial score (nSPS) is 14.5. The minimum atomic E-state index is -1.05. The Bertz CT molecular complexity index is 245. The monoisotopic (exact) mass is 247 g/mol. The SMILES string of the molecule is CCOC[C@@H](CC(C)(C)NC(=O)O)C(C)(C)O. The van der Waals surface area contributed by atoms with Gasteiger partial charge < -0.3 is 20.3 Å². The van der Waals surface area contributed by atoms with E-state index in [2.05, 4.69) is 5.32 Å². The van der Waals surface area contributed by atoms with E-state index in [1.165, 1.54) is 0 Å². The van der Waals surface area contributed by atoms with E-state index in [4.69, 9.17) is 9.84 Å². The van der Waals surface area contributed by atoms with Crippen LogP contribution >= 0.6 is 0 Å². The molecule has 0 radical (unpaired) electrons. The molecule has 5 nitrogen and oxygen atoms in total. The topological polar surface area (TPSA) is 78.8 Å². The molecule has 1 atom stereocenters. The van der Waals surface area contributed by atoms with Gasteiger partial charge in [0.25, 0.3) is 0 Å². The van der Waals surface area contributed by atoms with E-state index in [0.29, 0.717) is 19.6 Å². The Labute approximate surface area is 103 Å². The smallest absolute Gasteiger partial charge is 0.405 e. The van der Waals surface area contributed by atoms with Crippen molar-refractivity contribution in [1.29, 1.82) is 0 Å². The summed E-state index contributed by atoms with van der Waals surface area (Å²) < 4.78 is 5.34. The van der Waals surface area contributed by atoms with Gasteiger partial charge in [-0.1, -0.05) is 0 Å². The number of carbonyl (C=O) groups is 1. The van der Waals surface area contributed by atoms with E-state index in [1.807, 2.05) is 6.92 Å². The second-order valence-corrected chi connectivity index (χ2v) is 5.53. The van der Waals surface area contributed by atoms with Crippen molar-refractivity contribution < 1.29 is 19.7 Å². The number of amides is 1. The van der Waals surface area contributed by atoms with Crippen molar-refractivity contribution in [2.75, 3.05) is 13.2 Å². The van der Waals surface area contributed by atoms with Crippen molar-refractivity contribution >= 4 is 6.09 Å². The lowest BCUT2D eigenvalue weighted by Gasteiger charge is -2.35. The van der Waals surface area contributed by atoms with Crippen molar-refractivity contribution in [3.8, 4) is 0 Å². The molecule has 0 saturated heterocycles. The van der Waals surface area contributed by atoms with Crippen LogP contribution in [0.5, 0.6) is 0 Å². The number of hydrogen-bond donors (Lipinski definition) is 3. The van der Waals surface area contributed by atoms with Gasteiger partial charge in [-0.05, 0) is 41.0 Å². The van der Waals surface area contributed by atoms with Gasteiger partial charge in [0.1, 0.15) is 0 Å². The number of rotatable bonds is 7. The van der Waals surface area contributed by atoms with Gasteiger partial charge in [-0.3, -0.25) is 0 Å². The van der Waals surface area contributed by atoms with Crippen LogP contribution in [0.4, 0.5) is 4.79 Å². The fourth-order valence-corrected chi connectivity index (χ4v) is 1.73. The fourth-order valence-electron chi connectivity index (χ4n) is 1.73. The molecule has 0 aromatic heterocycles. The Hall–Kier alpha value is -0.810. The predicted molar refractivity (Wildman–Crippen MR) is 66.1 cm³/mol. The number of nitrogens with one attached hydrogen (secondary N) is 1. The van der Waals surface area contributed by atoms with Gasteiger partial charge in [0, 0.05) is 18.1 Å². The average Bonchev–Trinajstić information content (AvgIpc) is 2.07. The summed E-state index contributed by atoms with van der Waals surface area (Å²) in [5, 5.41) is 21.2. The number of ether oxygens (including phenoxy) is 1. The van der Waals surface area contributed by atoms with Crippen LogP contribution in [0.15, 0.2) is 0 Å². The lowest BCUT2D eigenvalue weighted by atomic mass is 9.81. The van der Waals surface area contributed by atoms with Crippen molar-refractivity contribution in [1.82, 2.24) is 5.32 Å². The maximum Gasteiger partial charge on any atom is 0.405 e. The molecular formula is C12H25NO4. The molecule has 0 heterocycles. The minimum absolute atomic E-state index is 0.121. The summed E-state index contributed by atoms with van der Waals surface area (Å²) in [7, 11) is 0. The van der Waals surface area contributed by atoms with Crippen LogP contribution < -0.4 is 5.32 Å². The molecule has 5 heteroatoms. The molecule has 1 amide bonds. The minimum Gasteiger partial charge on any atom is -0.465 e. The van der Waals surface area contributed by atoms with Crippen molar-refractivity contribution in [3.63, 3.8) is 0 Å². The highest BCUT2D eigenvalue weighted by molar-refractivity contribution is 5.65. The molecule has 0 saturated carbocycles. The van der Waals surface area contributed by atoms with Gasteiger partial charge in [0.05, 0.1) is 12.2 Å². The van der Waals surface area contributed by atoms with Gasteiger partial charge in [0.2, 0.25) is 0 Å². The zero-order valence-corrected chi connectivity index (χ0v) is 11.4. The lowest BCUT2D eigenvalue weighted by Crippen LogP contribution is -2.48. The summed E-state index contributed by atoms with van der Waals surface area (Å²) in [6.07, 6.45) is -0.538. The largest absolute Gasteiger partial charge is 0.465 e. The molecule has 0 aliphatic rings. The van der Waals surface area contributed by atoms with Crippen molar-refractivity contribution in [3.05, 3.63) is 0 Å². The Morgan fingerprint density at radius 1 is 1.35 bits per heavy atom. The quantitative estimate of drug-likeness (QED) is 0.641. The Kier molecular flexibility index (Phi) is 5.92. The first-order chi connectivity index (χ1) is 7.58. The highest BCUT2D eigenvalue weighted by Crippen LogP contribution is 2.26. The second-order valence-electron chi connectivity index (χ2n) is 5.53. The molecule has 0 aliphatic carbocycles. The lowest BCUT2D eigenvalue weighted by molar-refractivity contribution is -0.0389. The summed E-state index contributed by atoms with van der Waals surface area (Å²) >= 11 is 0. The second kappa shape index (κ2) is 6.21. The summed E-state index contributed by atoms with van der Waals surface area (Å²) in [6, 6.07) is 0. The molecule has 0 aromatic rings. The highest BCUT2D eigenvalue weighted by atomic mass is 16.5. The molecule has 17 heavy (non-hydrogen) atoms. The predicted octanol–water partition coefficient (Wildman–Crippen LogP) is 1.85. The maximum absolute atomic E-state index is 10.7. The molecular weight excluding hydrogens is 222 g/mol. The molecule has 3 N–H and O–H groups in total. The number of aliphatic hydroxyl groups is 1. The van der Waals surface area contributed by atoms with E-state index in [-0.39, 0.29) is 5.92 Å². The van der Waals surface area contributed by atoms with Gasteiger partial charge in [0.15, 0.2) is 0 Å². The first-order valence-electron chi connectivity index (χ1n) is 5.89. The van der Waals surface area contributed by atoms with Crippen LogP contribution in [0.25, 0.3) is 0 Å². The van der Waals surface area contributed by atoms with Crippen LogP contribution in [0.2, 0.25) is 0 Å². The third kappa shape index (κ3) is 7.18. The number of carboxylic acid groups (broad SMARTS) is 1. The molecule has 0 aliphatic heterocycles. The fraction of sp³-hybridized carbons (Fsp3) is 0.917. The van der Waals surface area contributed by atoms with E-state index in [0.717, 1.165) is 0 Å². The molecule has 0 spiro atoms. The van der Waals surface area contributed by atoms with E-state index < -0.39 is 17.2 Å². The summed E-state index contributed by atoms with van der Waals surface area (Å²) in [4.78, 5) is 10.7. The molecule has 0 aromatic carbocycles. The molecule has 102 valence electrons. The Morgan fingerprint density at radius 3 is 2.24 bits per heavy atom. The summed E-state index contributed by atoms with van der Waals surface area (Å²) in [6.45, 7) is 9.92. The Morgan fingerprint density at radius 2 is 1.88 bits per heavy atom. The zero-order chi connectivity index (χ0) is 13.7. The summed E-state index contributed by atoms with van der Waals surface area (Å²) in [5.74, 6) is -0.121. The van der Waals surface area contributed by atoms with E-state index in [9.17, 15) is 9.90 Å². The third-order valence-corrected chi connectivity index (χ3v) is 2.72. The Balaban J connectivity index is 4.56. The van der Waals surface area contributed by atoms with Crippen molar-refractivity contribution in [2.24, 2.45) is 5.92 Å². The standard InChI is InChI=1S/C12H25NO4/c1-6-17-8-9(12(4,5)16)7-11(2,3)13-10(14)15/h9,13,16H,6-8H2,1-5H3,(H,14,15)/t9-/m1/s1. The van der Waals surface area contributed by atoms with Crippen LogP contribution in [-0.2, 0) is 4.74 Å². The van der Waals surface area contributed by atoms with Gasteiger partial charge in [-0.25, -0.2) is 4.79 Å². The van der Waals surface area contributed by atoms with Crippen LogP contribution in [0.3, 0.4) is 0 Å². The van der Waals surface area contributed by atoms with Crippen LogP contribution in [0, 0.1) is 5.92 Å². The molecule has 0 bridgehead atoms. The highest BCUT2D eigenvalue weighted by Gasteiger charge is 2.33. The van der Waals surface area contributed by atoms with Crippen LogP contribution in [-0.4, -0.2) is 40.7 Å². The van der Waals surface area contributed by atoms with Crippen molar-refractivity contribution in [2.45, 2.75) is 52.2 Å². The third-order valence-electron chi connectivity index (χ3n) is 2.72. The van der Waals surface area contributed by atoms with Crippen LogP contribution in [0.1, 0.15) is 41.0 Å². The average molecular weight is 247 g/mol. The molecule has 0 rings (SSSR count). The molecule has 0 fully saturated rings. The van der Waals surface area contributed by atoms with Gasteiger partial charge >= 0.3 is 6.09 Å². The van der Waals surface area contributed by atoms with E-state index >= 15 is 0 Å². The van der Waals surface area contributed by atoms with Gasteiger partial charge in [-0.2, -0.15) is 0 Å². The maximum atomic E-state index is 10.7. The first-order valence-corrected chi connectivity index (χ1v) is 5.89. The first kappa shape index (κ1) is 16.2. The van der Waals surface area contributed by atoms with Gasteiger partial charge in [-0.15, -0.1) is 0 Å². The van der Waals surface area contributed by atoms with E-state index in [1.54, 1.807) is 27.7 Å².